The lowest BCUT2D eigenvalue weighted by Crippen LogP contribution is -2.38. The number of nitrogens with zero attached hydrogens (tertiary/aromatic N) is 2. The lowest BCUT2D eigenvalue weighted by molar-refractivity contribution is -0.141. The second-order valence-electron chi connectivity index (χ2n) is 7.72. The lowest BCUT2D eigenvalue weighted by atomic mass is 9.99. The smallest absolute Gasteiger partial charge is 0.307 e. The first-order chi connectivity index (χ1) is 14.0. The van der Waals surface area contributed by atoms with Crippen molar-refractivity contribution in [3.05, 3.63) is 59.8 Å². The van der Waals surface area contributed by atoms with Crippen LogP contribution in [0, 0.1) is 5.92 Å². The number of methoxy groups -OCH3 is 1. The zero-order valence-corrected chi connectivity index (χ0v) is 17.1. The average Bonchev–Trinajstić information content (AvgIpc) is 2.75. The van der Waals surface area contributed by atoms with Gasteiger partial charge in [-0.15, -0.1) is 0 Å². The van der Waals surface area contributed by atoms with Crippen LogP contribution in [0.2, 0.25) is 0 Å². The predicted molar refractivity (Wildman–Crippen MR) is 113 cm³/mol. The van der Waals surface area contributed by atoms with Gasteiger partial charge in [0.1, 0.15) is 5.82 Å². The standard InChI is InChI=1S/C23H29N3O3/c1-17-10-12-26(13-11-17)21-9-8-19(16-24-21)23(28)25-20(15-22(27)29-2)14-18-6-4-3-5-7-18/h3-9,16-17,20H,10-15H2,1-2H3,(H,25,28)/t20-/m1/s1. The highest BCUT2D eigenvalue weighted by atomic mass is 16.5. The third-order valence-corrected chi connectivity index (χ3v) is 5.42. The minimum atomic E-state index is -0.348. The first-order valence-corrected chi connectivity index (χ1v) is 10.2. The Balaban J connectivity index is 1.64. The van der Waals surface area contributed by atoms with Crippen molar-refractivity contribution < 1.29 is 14.3 Å². The summed E-state index contributed by atoms with van der Waals surface area (Å²) >= 11 is 0. The molecule has 1 aromatic heterocycles. The molecule has 3 rings (SSSR count). The molecule has 6 nitrogen and oxygen atoms in total. The van der Waals surface area contributed by atoms with Gasteiger partial charge in [0, 0.05) is 25.3 Å². The number of hydrogen-bond donors (Lipinski definition) is 1. The van der Waals surface area contributed by atoms with Crippen molar-refractivity contribution in [3.63, 3.8) is 0 Å². The Morgan fingerprint density at radius 2 is 1.90 bits per heavy atom. The molecule has 1 saturated heterocycles. The van der Waals surface area contributed by atoms with Crippen molar-refractivity contribution in [3.8, 4) is 0 Å². The summed E-state index contributed by atoms with van der Waals surface area (Å²) in [5, 5.41) is 2.96. The van der Waals surface area contributed by atoms with Crippen LogP contribution in [0.15, 0.2) is 48.7 Å². The van der Waals surface area contributed by atoms with Crippen LogP contribution >= 0.6 is 0 Å². The van der Waals surface area contributed by atoms with Gasteiger partial charge in [0.15, 0.2) is 0 Å². The number of amides is 1. The molecule has 2 heterocycles. The van der Waals surface area contributed by atoms with Crippen LogP contribution in [0.1, 0.15) is 42.1 Å². The second kappa shape index (κ2) is 10.0. The molecule has 6 heteroatoms. The van der Waals surface area contributed by atoms with E-state index in [4.69, 9.17) is 4.74 Å². The maximum atomic E-state index is 12.7. The Bertz CT molecular complexity index is 800. The van der Waals surface area contributed by atoms with Crippen molar-refractivity contribution in [1.29, 1.82) is 0 Å². The molecule has 29 heavy (non-hydrogen) atoms. The Kier molecular flexibility index (Phi) is 7.22. The fourth-order valence-electron chi connectivity index (χ4n) is 3.57. The normalized spacial score (nSPS) is 15.6. The maximum absolute atomic E-state index is 12.7. The quantitative estimate of drug-likeness (QED) is 0.729. The molecular formula is C23H29N3O3. The fraction of sp³-hybridized carbons (Fsp3) is 0.435. The van der Waals surface area contributed by atoms with Crippen molar-refractivity contribution in [1.82, 2.24) is 10.3 Å². The van der Waals surface area contributed by atoms with E-state index in [-0.39, 0.29) is 24.3 Å². The van der Waals surface area contributed by atoms with Crippen LogP contribution in [0.25, 0.3) is 0 Å². The van der Waals surface area contributed by atoms with Gasteiger partial charge in [0.2, 0.25) is 0 Å². The number of pyridine rings is 1. The molecule has 1 N–H and O–H groups in total. The summed E-state index contributed by atoms with van der Waals surface area (Å²) in [6, 6.07) is 13.1. The molecule has 0 unspecified atom stereocenters. The van der Waals surface area contributed by atoms with E-state index in [1.807, 2.05) is 36.4 Å². The summed E-state index contributed by atoms with van der Waals surface area (Å²) in [5.41, 5.74) is 1.54. The Hall–Kier alpha value is -2.89. The molecular weight excluding hydrogens is 366 g/mol. The number of esters is 1. The lowest BCUT2D eigenvalue weighted by Gasteiger charge is -2.31. The van der Waals surface area contributed by atoms with Crippen molar-refractivity contribution >= 4 is 17.7 Å². The van der Waals surface area contributed by atoms with Gasteiger partial charge >= 0.3 is 5.97 Å². The number of piperidine rings is 1. The highest BCUT2D eigenvalue weighted by molar-refractivity contribution is 5.94. The Morgan fingerprint density at radius 1 is 1.17 bits per heavy atom. The predicted octanol–water partition coefficient (Wildman–Crippen LogP) is 3.22. The summed E-state index contributed by atoms with van der Waals surface area (Å²) in [5.74, 6) is 1.08. The highest BCUT2D eigenvalue weighted by Gasteiger charge is 2.20. The molecule has 1 aliphatic heterocycles. The molecule has 1 atom stereocenters. The summed E-state index contributed by atoms with van der Waals surface area (Å²) in [6.07, 6.45) is 4.62. The molecule has 0 radical (unpaired) electrons. The molecule has 1 fully saturated rings. The third kappa shape index (κ3) is 6.04. The van der Waals surface area contributed by atoms with E-state index in [1.165, 1.54) is 20.0 Å². The Morgan fingerprint density at radius 3 is 2.52 bits per heavy atom. The van der Waals surface area contributed by atoms with E-state index in [2.05, 4.69) is 22.1 Å². The van der Waals surface area contributed by atoms with Gasteiger partial charge in [-0.2, -0.15) is 0 Å². The number of aromatic nitrogens is 1. The zero-order valence-electron chi connectivity index (χ0n) is 17.1. The van der Waals surface area contributed by atoms with E-state index in [1.54, 1.807) is 12.3 Å². The average molecular weight is 396 g/mol. The van der Waals surface area contributed by atoms with Crippen LogP contribution < -0.4 is 10.2 Å². The summed E-state index contributed by atoms with van der Waals surface area (Å²) in [6.45, 7) is 4.27. The second-order valence-corrected chi connectivity index (χ2v) is 7.72. The van der Waals surface area contributed by atoms with Gasteiger partial charge in [0.05, 0.1) is 19.1 Å². The number of benzene rings is 1. The van der Waals surface area contributed by atoms with E-state index < -0.39 is 0 Å². The molecule has 1 amide bonds. The largest absolute Gasteiger partial charge is 0.469 e. The summed E-state index contributed by atoms with van der Waals surface area (Å²) < 4.78 is 4.79. The van der Waals surface area contributed by atoms with Gasteiger partial charge in [-0.1, -0.05) is 37.3 Å². The van der Waals surface area contributed by atoms with Gasteiger partial charge < -0.3 is 15.0 Å². The van der Waals surface area contributed by atoms with Gasteiger partial charge in [-0.05, 0) is 42.9 Å². The molecule has 0 aliphatic carbocycles. The molecule has 1 aromatic carbocycles. The van der Waals surface area contributed by atoms with Crippen LogP contribution in [0.5, 0.6) is 0 Å². The number of ether oxygens (including phenoxy) is 1. The van der Waals surface area contributed by atoms with Crippen LogP contribution in [-0.4, -0.2) is 43.1 Å². The Labute approximate surface area is 172 Å². The van der Waals surface area contributed by atoms with Crippen LogP contribution in [-0.2, 0) is 16.0 Å². The van der Waals surface area contributed by atoms with E-state index >= 15 is 0 Å². The minimum absolute atomic E-state index is 0.120. The summed E-state index contributed by atoms with van der Waals surface area (Å²) in [7, 11) is 1.35. The number of carbonyl (C=O) groups is 2. The number of anilines is 1. The summed E-state index contributed by atoms with van der Waals surface area (Å²) in [4.78, 5) is 31.3. The SMILES string of the molecule is COC(=O)C[C@@H](Cc1ccccc1)NC(=O)c1ccc(N2CCC(C)CC2)nc1. The van der Waals surface area contributed by atoms with Gasteiger partial charge in [-0.25, -0.2) is 4.98 Å². The molecule has 2 aromatic rings. The number of rotatable bonds is 7. The number of nitrogens with one attached hydrogen (secondary N) is 1. The third-order valence-electron chi connectivity index (χ3n) is 5.42. The highest BCUT2D eigenvalue weighted by Crippen LogP contribution is 2.21. The minimum Gasteiger partial charge on any atom is -0.469 e. The monoisotopic (exact) mass is 395 g/mol. The number of carbonyl (C=O) groups excluding carboxylic acids is 2. The molecule has 0 saturated carbocycles. The van der Waals surface area contributed by atoms with Gasteiger partial charge in [-0.3, -0.25) is 9.59 Å². The van der Waals surface area contributed by atoms with Crippen molar-refractivity contribution in [2.24, 2.45) is 5.92 Å². The van der Waals surface area contributed by atoms with Crippen LogP contribution in [0.3, 0.4) is 0 Å². The maximum Gasteiger partial charge on any atom is 0.307 e. The molecule has 1 aliphatic rings. The first-order valence-electron chi connectivity index (χ1n) is 10.2. The molecule has 0 spiro atoms. The topological polar surface area (TPSA) is 71.5 Å². The van der Waals surface area contributed by atoms with E-state index in [9.17, 15) is 9.59 Å². The first kappa shape index (κ1) is 20.8. The molecule has 154 valence electrons. The van der Waals surface area contributed by atoms with E-state index in [0.717, 1.165) is 30.4 Å². The number of hydrogen-bond acceptors (Lipinski definition) is 5. The van der Waals surface area contributed by atoms with Crippen LogP contribution in [0.4, 0.5) is 5.82 Å². The van der Waals surface area contributed by atoms with Crippen molar-refractivity contribution in [2.75, 3.05) is 25.1 Å². The van der Waals surface area contributed by atoms with Gasteiger partial charge in [0.25, 0.3) is 5.91 Å². The molecule has 0 bridgehead atoms. The van der Waals surface area contributed by atoms with E-state index in [0.29, 0.717) is 12.0 Å². The van der Waals surface area contributed by atoms with Crippen molar-refractivity contribution in [2.45, 2.75) is 38.6 Å². The zero-order chi connectivity index (χ0) is 20.6. The fourth-order valence-corrected chi connectivity index (χ4v) is 3.57.